The maximum atomic E-state index is 8.96. The van der Waals surface area contributed by atoms with Crippen LogP contribution >= 0.6 is 0 Å². The highest BCUT2D eigenvalue weighted by Crippen LogP contribution is 2.24. The van der Waals surface area contributed by atoms with Crippen molar-refractivity contribution in [3.8, 4) is 6.07 Å². The Morgan fingerprint density at radius 2 is 2.18 bits per heavy atom. The van der Waals surface area contributed by atoms with E-state index >= 15 is 0 Å². The summed E-state index contributed by atoms with van der Waals surface area (Å²) in [5.41, 5.74) is 0.182. The van der Waals surface area contributed by atoms with E-state index in [1.165, 1.54) is 0 Å². The van der Waals surface area contributed by atoms with Gasteiger partial charge in [-0.15, -0.1) is 0 Å². The summed E-state index contributed by atoms with van der Waals surface area (Å²) < 4.78 is 0. The third-order valence-corrected chi connectivity index (χ3v) is 3.63. The predicted octanol–water partition coefficient (Wildman–Crippen LogP) is 0.904. The van der Waals surface area contributed by atoms with E-state index in [0.717, 1.165) is 32.6 Å². The highest BCUT2D eigenvalue weighted by atomic mass is 15.3. The smallest absolute Gasteiger partial charge is 0.0638 e. The number of likely N-dealkylation sites (N-methyl/N-ethyl adjacent to an activating group) is 1. The molecule has 1 saturated heterocycles. The van der Waals surface area contributed by atoms with Gasteiger partial charge in [-0.1, -0.05) is 0 Å². The van der Waals surface area contributed by atoms with Crippen LogP contribution in [0.15, 0.2) is 0 Å². The van der Waals surface area contributed by atoms with Gasteiger partial charge >= 0.3 is 0 Å². The molecule has 1 atom stereocenters. The van der Waals surface area contributed by atoms with Gasteiger partial charge in [-0.25, -0.2) is 0 Å². The van der Waals surface area contributed by atoms with Crippen LogP contribution in [0.3, 0.4) is 0 Å². The van der Waals surface area contributed by atoms with Crippen LogP contribution in [0, 0.1) is 11.3 Å². The van der Waals surface area contributed by atoms with Crippen LogP contribution in [0.2, 0.25) is 0 Å². The van der Waals surface area contributed by atoms with Gasteiger partial charge in [0.1, 0.15) is 0 Å². The van der Waals surface area contributed by atoms with Crippen LogP contribution in [0.5, 0.6) is 0 Å². The van der Waals surface area contributed by atoms with E-state index in [0.29, 0.717) is 12.5 Å². The molecule has 0 aromatic rings. The summed E-state index contributed by atoms with van der Waals surface area (Å²) in [6.45, 7) is 8.65. The Morgan fingerprint density at radius 3 is 2.76 bits per heavy atom. The van der Waals surface area contributed by atoms with E-state index < -0.39 is 0 Å². The average Bonchev–Trinajstić information content (AvgIpc) is 2.36. The molecule has 1 heterocycles. The molecule has 1 unspecified atom stereocenters. The standard InChI is InChI=1S/C13H26N4/c1-13(2)6-8-15-11-12(5-7-14)17(13)10-9-16(3)4/h12,15H,5-6,8-11H2,1-4H3. The summed E-state index contributed by atoms with van der Waals surface area (Å²) in [6.07, 6.45) is 1.76. The number of hydrogen-bond acceptors (Lipinski definition) is 4. The van der Waals surface area contributed by atoms with Crippen molar-refractivity contribution in [1.82, 2.24) is 15.1 Å². The van der Waals surface area contributed by atoms with Crippen molar-refractivity contribution in [2.45, 2.75) is 38.3 Å². The molecular formula is C13H26N4. The molecule has 1 aliphatic rings. The lowest BCUT2D eigenvalue weighted by Crippen LogP contribution is -2.52. The van der Waals surface area contributed by atoms with Gasteiger partial charge in [0.15, 0.2) is 0 Å². The molecule has 0 saturated carbocycles. The molecular weight excluding hydrogens is 212 g/mol. The fraction of sp³-hybridized carbons (Fsp3) is 0.923. The second-order valence-corrected chi connectivity index (χ2v) is 5.78. The lowest BCUT2D eigenvalue weighted by Gasteiger charge is -2.41. The topological polar surface area (TPSA) is 42.3 Å². The molecule has 0 amide bonds. The Hall–Kier alpha value is -0.630. The molecule has 0 aromatic carbocycles. The van der Waals surface area contributed by atoms with E-state index in [9.17, 15) is 0 Å². The first-order valence-corrected chi connectivity index (χ1v) is 6.46. The number of rotatable bonds is 4. The third kappa shape index (κ3) is 4.27. The van der Waals surface area contributed by atoms with Crippen LogP contribution < -0.4 is 5.32 Å². The van der Waals surface area contributed by atoms with Crippen molar-refractivity contribution in [3.63, 3.8) is 0 Å². The number of nitrogens with zero attached hydrogens (tertiary/aromatic N) is 3. The zero-order chi connectivity index (χ0) is 12.9. The van der Waals surface area contributed by atoms with Crippen LogP contribution in [0.4, 0.5) is 0 Å². The number of nitriles is 1. The number of nitrogens with one attached hydrogen (secondary N) is 1. The van der Waals surface area contributed by atoms with Gasteiger partial charge in [0, 0.05) is 31.2 Å². The van der Waals surface area contributed by atoms with Gasteiger partial charge in [0.25, 0.3) is 0 Å². The molecule has 4 nitrogen and oxygen atoms in total. The van der Waals surface area contributed by atoms with Crippen molar-refractivity contribution in [3.05, 3.63) is 0 Å². The van der Waals surface area contributed by atoms with E-state index in [2.05, 4.69) is 49.1 Å². The van der Waals surface area contributed by atoms with Gasteiger partial charge in [-0.3, -0.25) is 4.90 Å². The maximum Gasteiger partial charge on any atom is 0.0638 e. The lowest BCUT2D eigenvalue weighted by molar-refractivity contribution is 0.0718. The van der Waals surface area contributed by atoms with Crippen molar-refractivity contribution in [2.24, 2.45) is 0 Å². The molecule has 1 rings (SSSR count). The molecule has 0 bridgehead atoms. The Balaban J connectivity index is 2.74. The predicted molar refractivity (Wildman–Crippen MR) is 70.8 cm³/mol. The van der Waals surface area contributed by atoms with Crippen molar-refractivity contribution in [1.29, 1.82) is 5.26 Å². The molecule has 1 fully saturated rings. The summed E-state index contributed by atoms with van der Waals surface area (Å²) in [5, 5.41) is 12.4. The summed E-state index contributed by atoms with van der Waals surface area (Å²) in [4.78, 5) is 4.72. The van der Waals surface area contributed by atoms with E-state index in [-0.39, 0.29) is 5.54 Å². The zero-order valence-electron chi connectivity index (χ0n) is 11.7. The molecule has 0 aromatic heterocycles. The SMILES string of the molecule is CN(C)CCN1C(CC#N)CNCCC1(C)C. The Labute approximate surface area is 106 Å². The molecule has 1 aliphatic heterocycles. The van der Waals surface area contributed by atoms with Crippen LogP contribution in [-0.2, 0) is 0 Å². The normalized spacial score (nSPS) is 25.5. The minimum Gasteiger partial charge on any atom is -0.315 e. The second-order valence-electron chi connectivity index (χ2n) is 5.78. The largest absolute Gasteiger partial charge is 0.315 e. The zero-order valence-corrected chi connectivity index (χ0v) is 11.7. The lowest BCUT2D eigenvalue weighted by atomic mass is 9.96. The highest BCUT2D eigenvalue weighted by molar-refractivity contribution is 4.94. The fourth-order valence-electron chi connectivity index (χ4n) is 2.49. The van der Waals surface area contributed by atoms with Gasteiger partial charge in [-0.05, 0) is 40.9 Å². The number of hydrogen-bond donors (Lipinski definition) is 1. The van der Waals surface area contributed by atoms with E-state index in [1.54, 1.807) is 0 Å². The summed E-state index contributed by atoms with van der Waals surface area (Å²) >= 11 is 0. The molecule has 98 valence electrons. The van der Waals surface area contributed by atoms with Crippen LogP contribution in [0.1, 0.15) is 26.7 Å². The highest BCUT2D eigenvalue weighted by Gasteiger charge is 2.33. The first-order valence-electron chi connectivity index (χ1n) is 6.46. The summed E-state index contributed by atoms with van der Waals surface area (Å²) in [5.74, 6) is 0. The molecule has 0 aliphatic carbocycles. The van der Waals surface area contributed by atoms with Crippen molar-refractivity contribution >= 4 is 0 Å². The Kier molecular flexibility index (Phi) is 5.38. The minimum atomic E-state index is 0.182. The molecule has 0 spiro atoms. The Bertz CT molecular complexity index is 267. The summed E-state index contributed by atoms with van der Waals surface area (Å²) in [6, 6.07) is 2.67. The monoisotopic (exact) mass is 238 g/mol. The first-order chi connectivity index (χ1) is 7.97. The van der Waals surface area contributed by atoms with Gasteiger partial charge in [0.2, 0.25) is 0 Å². The van der Waals surface area contributed by atoms with E-state index in [1.807, 2.05) is 0 Å². The molecule has 4 heteroatoms. The third-order valence-electron chi connectivity index (χ3n) is 3.63. The molecule has 17 heavy (non-hydrogen) atoms. The van der Waals surface area contributed by atoms with E-state index in [4.69, 9.17) is 5.26 Å². The average molecular weight is 238 g/mol. The van der Waals surface area contributed by atoms with Crippen molar-refractivity contribution < 1.29 is 0 Å². The minimum absolute atomic E-state index is 0.182. The Morgan fingerprint density at radius 1 is 1.47 bits per heavy atom. The van der Waals surface area contributed by atoms with Gasteiger partial charge in [-0.2, -0.15) is 5.26 Å². The van der Waals surface area contributed by atoms with Crippen molar-refractivity contribution in [2.75, 3.05) is 40.3 Å². The summed E-state index contributed by atoms with van der Waals surface area (Å²) in [7, 11) is 4.20. The second kappa shape index (κ2) is 6.34. The molecule has 0 radical (unpaired) electrons. The van der Waals surface area contributed by atoms with Gasteiger partial charge in [0.05, 0.1) is 12.5 Å². The van der Waals surface area contributed by atoms with Gasteiger partial charge < -0.3 is 10.2 Å². The first kappa shape index (κ1) is 14.4. The fourth-order valence-corrected chi connectivity index (χ4v) is 2.49. The maximum absolute atomic E-state index is 8.96. The van der Waals surface area contributed by atoms with Crippen LogP contribution in [-0.4, -0.2) is 61.7 Å². The quantitative estimate of drug-likeness (QED) is 0.790. The molecule has 1 N–H and O–H groups in total. The van der Waals surface area contributed by atoms with Crippen LogP contribution in [0.25, 0.3) is 0 Å².